The van der Waals surface area contributed by atoms with Crippen LogP contribution in [0.25, 0.3) is 0 Å². The summed E-state index contributed by atoms with van der Waals surface area (Å²) >= 11 is 5.74. The highest BCUT2D eigenvalue weighted by atomic mass is 35.5. The lowest BCUT2D eigenvalue weighted by Gasteiger charge is -2.32. The molecular formula is C16H17ClFN3O. The van der Waals surface area contributed by atoms with Crippen LogP contribution in [0.4, 0.5) is 10.2 Å². The molecule has 0 spiro atoms. The monoisotopic (exact) mass is 321 g/mol. The Morgan fingerprint density at radius 1 is 1.27 bits per heavy atom. The molecule has 0 saturated carbocycles. The number of halogens is 2. The molecule has 0 atom stereocenters. The SMILES string of the molecule is Fc1cc(Cl)cnc1N1CCC(COc2ccccn2)CC1. The van der Waals surface area contributed by atoms with Crippen LogP contribution < -0.4 is 9.64 Å². The Morgan fingerprint density at radius 3 is 2.77 bits per heavy atom. The van der Waals surface area contributed by atoms with Crippen LogP contribution in [-0.4, -0.2) is 29.7 Å². The van der Waals surface area contributed by atoms with Gasteiger partial charge in [0.05, 0.1) is 11.6 Å². The van der Waals surface area contributed by atoms with Crippen molar-refractivity contribution < 1.29 is 9.13 Å². The molecule has 0 unspecified atom stereocenters. The molecule has 0 N–H and O–H groups in total. The normalized spacial score (nSPS) is 15.8. The summed E-state index contributed by atoms with van der Waals surface area (Å²) in [6.07, 6.45) is 5.08. The number of aromatic nitrogens is 2. The van der Waals surface area contributed by atoms with Crippen LogP contribution in [0, 0.1) is 11.7 Å². The summed E-state index contributed by atoms with van der Waals surface area (Å²) in [5.74, 6) is 1.12. The van der Waals surface area contributed by atoms with Gasteiger partial charge in [-0.1, -0.05) is 17.7 Å². The van der Waals surface area contributed by atoms with Gasteiger partial charge in [-0.25, -0.2) is 14.4 Å². The van der Waals surface area contributed by atoms with Crippen molar-refractivity contribution in [1.29, 1.82) is 0 Å². The van der Waals surface area contributed by atoms with Crippen LogP contribution >= 0.6 is 11.6 Å². The molecule has 0 aromatic carbocycles. The van der Waals surface area contributed by atoms with Gasteiger partial charge in [0.15, 0.2) is 11.6 Å². The number of anilines is 1. The summed E-state index contributed by atoms with van der Waals surface area (Å²) in [6, 6.07) is 6.92. The van der Waals surface area contributed by atoms with Gasteiger partial charge < -0.3 is 9.64 Å². The van der Waals surface area contributed by atoms with E-state index in [0.29, 0.717) is 29.2 Å². The van der Waals surface area contributed by atoms with Crippen molar-refractivity contribution in [3.8, 4) is 5.88 Å². The summed E-state index contributed by atoms with van der Waals surface area (Å²) in [4.78, 5) is 10.2. The molecule has 2 aromatic rings. The number of pyridine rings is 2. The molecule has 3 rings (SSSR count). The molecule has 116 valence electrons. The van der Waals surface area contributed by atoms with Crippen molar-refractivity contribution in [2.45, 2.75) is 12.8 Å². The Hall–Kier alpha value is -1.88. The number of rotatable bonds is 4. The van der Waals surface area contributed by atoms with Crippen LogP contribution in [0.15, 0.2) is 36.7 Å². The van der Waals surface area contributed by atoms with E-state index in [-0.39, 0.29) is 5.82 Å². The Balaban J connectivity index is 1.52. The molecule has 2 aromatic heterocycles. The van der Waals surface area contributed by atoms with E-state index in [1.165, 1.54) is 12.3 Å². The standard InChI is InChI=1S/C16H17ClFN3O/c17-13-9-14(18)16(20-10-13)21-7-4-12(5-8-21)11-22-15-3-1-2-6-19-15/h1-3,6,9-10,12H,4-5,7-8,11H2. The first kappa shape index (κ1) is 15.0. The first-order valence-corrected chi connectivity index (χ1v) is 7.70. The molecule has 1 aliphatic rings. The molecule has 3 heterocycles. The summed E-state index contributed by atoms with van der Waals surface area (Å²) in [5.41, 5.74) is 0. The fourth-order valence-electron chi connectivity index (χ4n) is 2.59. The van der Waals surface area contributed by atoms with E-state index in [1.54, 1.807) is 6.20 Å². The van der Waals surface area contributed by atoms with E-state index < -0.39 is 0 Å². The minimum absolute atomic E-state index is 0.319. The molecular weight excluding hydrogens is 305 g/mol. The van der Waals surface area contributed by atoms with Gasteiger partial charge in [-0.3, -0.25) is 0 Å². The van der Waals surface area contributed by atoms with Crippen LogP contribution in [-0.2, 0) is 0 Å². The van der Waals surface area contributed by atoms with Crippen LogP contribution in [0.1, 0.15) is 12.8 Å². The molecule has 0 amide bonds. The molecule has 1 saturated heterocycles. The zero-order valence-corrected chi connectivity index (χ0v) is 12.8. The minimum Gasteiger partial charge on any atom is -0.477 e. The van der Waals surface area contributed by atoms with Crippen molar-refractivity contribution in [3.63, 3.8) is 0 Å². The molecule has 22 heavy (non-hydrogen) atoms. The summed E-state index contributed by atoms with van der Waals surface area (Å²) in [5, 5.41) is 0.319. The maximum Gasteiger partial charge on any atom is 0.213 e. The lowest BCUT2D eigenvalue weighted by molar-refractivity contribution is 0.215. The van der Waals surface area contributed by atoms with Crippen LogP contribution in [0.3, 0.4) is 0 Å². The highest BCUT2D eigenvalue weighted by Crippen LogP contribution is 2.25. The molecule has 4 nitrogen and oxygen atoms in total. The van der Waals surface area contributed by atoms with Crippen molar-refractivity contribution in [1.82, 2.24) is 9.97 Å². The smallest absolute Gasteiger partial charge is 0.213 e. The van der Waals surface area contributed by atoms with Gasteiger partial charge in [-0.05, 0) is 30.9 Å². The van der Waals surface area contributed by atoms with Crippen molar-refractivity contribution in [3.05, 3.63) is 47.5 Å². The number of ether oxygens (including phenoxy) is 1. The Bertz CT molecular complexity index is 618. The number of nitrogens with zero attached hydrogens (tertiary/aromatic N) is 3. The van der Waals surface area contributed by atoms with E-state index in [9.17, 15) is 4.39 Å². The minimum atomic E-state index is -0.365. The van der Waals surface area contributed by atoms with E-state index in [4.69, 9.17) is 16.3 Å². The Labute approximate surface area is 133 Å². The fraction of sp³-hybridized carbons (Fsp3) is 0.375. The predicted molar refractivity (Wildman–Crippen MR) is 83.9 cm³/mol. The van der Waals surface area contributed by atoms with Gasteiger partial charge >= 0.3 is 0 Å². The zero-order chi connectivity index (χ0) is 15.4. The predicted octanol–water partition coefficient (Wildman–Crippen LogP) is 3.56. The first-order chi connectivity index (χ1) is 10.7. The van der Waals surface area contributed by atoms with E-state index in [1.807, 2.05) is 23.1 Å². The molecule has 1 fully saturated rings. The molecule has 0 aliphatic carbocycles. The maximum absolute atomic E-state index is 13.9. The van der Waals surface area contributed by atoms with Crippen molar-refractivity contribution in [2.24, 2.45) is 5.92 Å². The number of piperidine rings is 1. The topological polar surface area (TPSA) is 38.2 Å². The second-order valence-electron chi connectivity index (χ2n) is 5.37. The highest BCUT2D eigenvalue weighted by molar-refractivity contribution is 6.30. The quantitative estimate of drug-likeness (QED) is 0.863. The van der Waals surface area contributed by atoms with Crippen LogP contribution in [0.2, 0.25) is 5.02 Å². The van der Waals surface area contributed by atoms with Gasteiger partial charge in [0, 0.05) is 31.5 Å². The lowest BCUT2D eigenvalue weighted by atomic mass is 9.98. The molecule has 0 bridgehead atoms. The summed E-state index contributed by atoms with van der Waals surface area (Å²) in [6.45, 7) is 2.17. The van der Waals surface area contributed by atoms with Gasteiger partial charge in [-0.15, -0.1) is 0 Å². The molecule has 6 heteroatoms. The van der Waals surface area contributed by atoms with E-state index >= 15 is 0 Å². The maximum atomic E-state index is 13.9. The Kier molecular flexibility index (Phi) is 4.73. The average molecular weight is 322 g/mol. The average Bonchev–Trinajstić information content (AvgIpc) is 2.55. The Morgan fingerprint density at radius 2 is 2.09 bits per heavy atom. The van der Waals surface area contributed by atoms with E-state index in [2.05, 4.69) is 9.97 Å². The summed E-state index contributed by atoms with van der Waals surface area (Å²) < 4.78 is 19.6. The van der Waals surface area contributed by atoms with Gasteiger partial charge in [0.2, 0.25) is 5.88 Å². The summed E-state index contributed by atoms with van der Waals surface area (Å²) in [7, 11) is 0. The third-order valence-electron chi connectivity index (χ3n) is 3.81. The van der Waals surface area contributed by atoms with Crippen molar-refractivity contribution in [2.75, 3.05) is 24.6 Å². The largest absolute Gasteiger partial charge is 0.477 e. The fourth-order valence-corrected chi connectivity index (χ4v) is 2.73. The first-order valence-electron chi connectivity index (χ1n) is 7.32. The molecule has 0 radical (unpaired) electrons. The van der Waals surface area contributed by atoms with E-state index in [0.717, 1.165) is 25.9 Å². The molecule has 1 aliphatic heterocycles. The van der Waals surface area contributed by atoms with Gasteiger partial charge in [0.25, 0.3) is 0 Å². The second kappa shape index (κ2) is 6.92. The third-order valence-corrected chi connectivity index (χ3v) is 4.01. The third kappa shape index (κ3) is 3.65. The number of hydrogen-bond donors (Lipinski definition) is 0. The highest BCUT2D eigenvalue weighted by Gasteiger charge is 2.22. The second-order valence-corrected chi connectivity index (χ2v) is 5.80. The van der Waals surface area contributed by atoms with Crippen molar-refractivity contribution >= 4 is 17.4 Å². The lowest BCUT2D eigenvalue weighted by Crippen LogP contribution is -2.36. The van der Waals surface area contributed by atoms with Crippen LogP contribution in [0.5, 0.6) is 5.88 Å². The van der Waals surface area contributed by atoms with Gasteiger partial charge in [0.1, 0.15) is 0 Å². The zero-order valence-electron chi connectivity index (χ0n) is 12.1. The number of hydrogen-bond acceptors (Lipinski definition) is 4. The van der Waals surface area contributed by atoms with Gasteiger partial charge in [-0.2, -0.15) is 0 Å².